The van der Waals surface area contributed by atoms with Gasteiger partial charge in [0.25, 0.3) is 0 Å². The van der Waals surface area contributed by atoms with E-state index in [1.807, 2.05) is 27.7 Å². The standard InChI is InChI=1S/C24H29NO5/c1-16(2)13-23(27)25-21-11-9-19(10-12-21)22(26)15-30-24(28)20-7-5-18(6-8-20)14-29-17(3)4/h5-12,16-17H,13-15H2,1-4H3,(H,25,27). The first-order chi connectivity index (χ1) is 14.2. The van der Waals surface area contributed by atoms with Crippen LogP contribution in [0.2, 0.25) is 0 Å². The number of rotatable bonds is 10. The molecule has 0 aliphatic rings. The summed E-state index contributed by atoms with van der Waals surface area (Å²) in [4.78, 5) is 36.2. The second kappa shape index (κ2) is 11.3. The zero-order valence-electron chi connectivity index (χ0n) is 17.9. The van der Waals surface area contributed by atoms with Gasteiger partial charge in [0.2, 0.25) is 5.91 Å². The largest absolute Gasteiger partial charge is 0.454 e. The molecule has 0 atom stereocenters. The lowest BCUT2D eigenvalue weighted by Crippen LogP contribution is -2.15. The first kappa shape index (κ1) is 23.3. The van der Waals surface area contributed by atoms with Crippen molar-refractivity contribution in [1.82, 2.24) is 0 Å². The predicted octanol–water partition coefficient (Wildman–Crippen LogP) is 4.64. The van der Waals surface area contributed by atoms with E-state index in [2.05, 4.69) is 5.32 Å². The third kappa shape index (κ3) is 7.79. The molecule has 1 amide bonds. The number of ether oxygens (including phenoxy) is 2. The van der Waals surface area contributed by atoms with Crippen LogP contribution in [0.3, 0.4) is 0 Å². The maximum absolute atomic E-state index is 12.3. The lowest BCUT2D eigenvalue weighted by Gasteiger charge is -2.09. The van der Waals surface area contributed by atoms with Crippen molar-refractivity contribution in [3.8, 4) is 0 Å². The average Bonchev–Trinajstić information content (AvgIpc) is 2.70. The van der Waals surface area contributed by atoms with Crippen LogP contribution in [0.4, 0.5) is 5.69 Å². The van der Waals surface area contributed by atoms with E-state index in [0.29, 0.717) is 29.8 Å². The summed E-state index contributed by atoms with van der Waals surface area (Å²) in [5.74, 6) is -0.674. The van der Waals surface area contributed by atoms with Crippen LogP contribution in [-0.4, -0.2) is 30.4 Å². The number of anilines is 1. The lowest BCUT2D eigenvalue weighted by molar-refractivity contribution is -0.116. The van der Waals surface area contributed by atoms with Crippen LogP contribution in [0.5, 0.6) is 0 Å². The van der Waals surface area contributed by atoms with Gasteiger partial charge in [0.05, 0.1) is 18.3 Å². The van der Waals surface area contributed by atoms with Gasteiger partial charge in [-0.25, -0.2) is 4.79 Å². The van der Waals surface area contributed by atoms with Gasteiger partial charge in [0.15, 0.2) is 12.4 Å². The molecule has 160 valence electrons. The van der Waals surface area contributed by atoms with Crippen molar-refractivity contribution in [2.24, 2.45) is 5.92 Å². The molecule has 0 spiro atoms. The minimum Gasteiger partial charge on any atom is -0.454 e. The van der Waals surface area contributed by atoms with Gasteiger partial charge in [-0.05, 0) is 61.7 Å². The molecular formula is C24H29NO5. The van der Waals surface area contributed by atoms with Gasteiger partial charge in [-0.15, -0.1) is 0 Å². The van der Waals surface area contributed by atoms with Gasteiger partial charge in [-0.1, -0.05) is 26.0 Å². The fourth-order valence-electron chi connectivity index (χ4n) is 2.62. The highest BCUT2D eigenvalue weighted by atomic mass is 16.5. The van der Waals surface area contributed by atoms with Crippen molar-refractivity contribution in [3.05, 3.63) is 65.2 Å². The summed E-state index contributed by atoms with van der Waals surface area (Å²) >= 11 is 0. The van der Waals surface area contributed by atoms with E-state index in [9.17, 15) is 14.4 Å². The minimum absolute atomic E-state index is 0.0696. The third-order valence-electron chi connectivity index (χ3n) is 4.19. The van der Waals surface area contributed by atoms with Crippen molar-refractivity contribution in [2.75, 3.05) is 11.9 Å². The van der Waals surface area contributed by atoms with Crippen LogP contribution >= 0.6 is 0 Å². The highest BCUT2D eigenvalue weighted by Gasteiger charge is 2.13. The normalized spacial score (nSPS) is 10.9. The molecule has 1 N–H and O–H groups in total. The third-order valence-corrected chi connectivity index (χ3v) is 4.19. The van der Waals surface area contributed by atoms with Gasteiger partial charge < -0.3 is 14.8 Å². The fourth-order valence-corrected chi connectivity index (χ4v) is 2.62. The van der Waals surface area contributed by atoms with E-state index in [4.69, 9.17) is 9.47 Å². The molecule has 2 aromatic carbocycles. The molecule has 0 aliphatic carbocycles. The Balaban J connectivity index is 1.84. The molecule has 6 heteroatoms. The summed E-state index contributed by atoms with van der Waals surface area (Å²) in [6.07, 6.45) is 0.563. The van der Waals surface area contributed by atoms with Crippen molar-refractivity contribution >= 4 is 23.3 Å². The van der Waals surface area contributed by atoms with Crippen molar-refractivity contribution in [3.63, 3.8) is 0 Å². The van der Waals surface area contributed by atoms with E-state index >= 15 is 0 Å². The second-order valence-electron chi connectivity index (χ2n) is 7.78. The SMILES string of the molecule is CC(C)CC(=O)Nc1ccc(C(=O)COC(=O)c2ccc(COC(C)C)cc2)cc1. The van der Waals surface area contributed by atoms with E-state index in [1.165, 1.54) is 0 Å². The van der Waals surface area contributed by atoms with Crippen molar-refractivity contribution in [2.45, 2.75) is 46.8 Å². The number of nitrogens with one attached hydrogen (secondary N) is 1. The molecule has 0 aromatic heterocycles. The first-order valence-corrected chi connectivity index (χ1v) is 10.1. The van der Waals surface area contributed by atoms with Crippen LogP contribution in [-0.2, 0) is 20.9 Å². The summed E-state index contributed by atoms with van der Waals surface area (Å²) < 4.78 is 10.6. The van der Waals surface area contributed by atoms with Crippen LogP contribution in [0.1, 0.15) is 60.4 Å². The van der Waals surface area contributed by atoms with Crippen molar-refractivity contribution < 1.29 is 23.9 Å². The maximum atomic E-state index is 12.3. The molecule has 2 rings (SSSR count). The number of Topliss-reactive ketones (excluding diaryl/α,β-unsaturated/α-hetero) is 1. The van der Waals surface area contributed by atoms with Gasteiger partial charge in [-0.2, -0.15) is 0 Å². The Morgan fingerprint density at radius 3 is 2.03 bits per heavy atom. The molecule has 0 saturated heterocycles. The topological polar surface area (TPSA) is 81.7 Å². The lowest BCUT2D eigenvalue weighted by atomic mass is 10.1. The quantitative estimate of drug-likeness (QED) is 0.455. The Hall–Kier alpha value is -2.99. The maximum Gasteiger partial charge on any atom is 0.338 e. The predicted molar refractivity (Wildman–Crippen MR) is 116 cm³/mol. The monoisotopic (exact) mass is 411 g/mol. The number of benzene rings is 2. The summed E-state index contributed by atoms with van der Waals surface area (Å²) in [6, 6.07) is 13.4. The van der Waals surface area contributed by atoms with Gasteiger partial charge in [-0.3, -0.25) is 9.59 Å². The molecule has 0 radical (unpaired) electrons. The molecule has 0 aliphatic heterocycles. The average molecular weight is 411 g/mol. The van der Waals surface area contributed by atoms with E-state index < -0.39 is 5.97 Å². The number of esters is 1. The number of hydrogen-bond donors (Lipinski definition) is 1. The molecule has 0 bridgehead atoms. The van der Waals surface area contributed by atoms with Gasteiger partial charge in [0.1, 0.15) is 0 Å². The summed E-state index contributed by atoms with van der Waals surface area (Å²) in [5, 5.41) is 2.79. The Morgan fingerprint density at radius 1 is 0.867 bits per heavy atom. The second-order valence-corrected chi connectivity index (χ2v) is 7.78. The molecule has 0 fully saturated rings. The van der Waals surface area contributed by atoms with Crippen LogP contribution in [0, 0.1) is 5.92 Å². The van der Waals surface area contributed by atoms with Gasteiger partial charge >= 0.3 is 5.97 Å². The summed E-state index contributed by atoms with van der Waals surface area (Å²) in [6.45, 7) is 7.98. The zero-order chi connectivity index (χ0) is 22.1. The Kier molecular flexibility index (Phi) is 8.74. The highest BCUT2D eigenvalue weighted by molar-refractivity contribution is 6.00. The number of hydrogen-bond acceptors (Lipinski definition) is 5. The smallest absolute Gasteiger partial charge is 0.338 e. The van der Waals surface area contributed by atoms with E-state index in [0.717, 1.165) is 5.56 Å². The Bertz CT molecular complexity index is 854. The first-order valence-electron chi connectivity index (χ1n) is 10.1. The molecule has 2 aromatic rings. The van der Waals surface area contributed by atoms with Gasteiger partial charge in [0, 0.05) is 17.7 Å². The molecule has 0 heterocycles. The number of carbonyl (C=O) groups excluding carboxylic acids is 3. The van der Waals surface area contributed by atoms with Crippen LogP contribution in [0.15, 0.2) is 48.5 Å². The van der Waals surface area contributed by atoms with Crippen LogP contribution < -0.4 is 5.32 Å². The molecule has 30 heavy (non-hydrogen) atoms. The fraction of sp³-hybridized carbons (Fsp3) is 0.375. The van der Waals surface area contributed by atoms with Crippen molar-refractivity contribution in [1.29, 1.82) is 0 Å². The molecule has 6 nitrogen and oxygen atoms in total. The minimum atomic E-state index is -0.558. The highest BCUT2D eigenvalue weighted by Crippen LogP contribution is 2.13. The summed E-state index contributed by atoms with van der Waals surface area (Å²) in [7, 11) is 0. The Morgan fingerprint density at radius 2 is 1.47 bits per heavy atom. The molecule has 0 unspecified atom stereocenters. The number of carbonyl (C=O) groups is 3. The van der Waals surface area contributed by atoms with E-state index in [-0.39, 0.29) is 30.3 Å². The van der Waals surface area contributed by atoms with E-state index in [1.54, 1.807) is 48.5 Å². The Labute approximate surface area is 177 Å². The number of ketones is 1. The molecular weight excluding hydrogens is 382 g/mol. The summed E-state index contributed by atoms with van der Waals surface area (Å²) in [5.41, 5.74) is 2.36. The van der Waals surface area contributed by atoms with Crippen LogP contribution in [0.25, 0.3) is 0 Å². The number of amides is 1. The zero-order valence-corrected chi connectivity index (χ0v) is 17.9. The molecule has 0 saturated carbocycles.